The second-order valence-corrected chi connectivity index (χ2v) is 3.06. The van der Waals surface area contributed by atoms with E-state index in [0.29, 0.717) is 13.0 Å². The highest BCUT2D eigenvalue weighted by atomic mass is 35.5. The molecule has 0 aromatic carbocycles. The van der Waals surface area contributed by atoms with Crippen molar-refractivity contribution in [2.75, 3.05) is 13.7 Å². The fourth-order valence-electron chi connectivity index (χ4n) is 1.34. The zero-order chi connectivity index (χ0) is 8.48. The third-order valence-electron chi connectivity index (χ3n) is 2.01. The van der Waals surface area contributed by atoms with Crippen LogP contribution >= 0.6 is 12.4 Å². The topological polar surface area (TPSA) is 58.6 Å². The summed E-state index contributed by atoms with van der Waals surface area (Å²) in [6.45, 7) is 2.20. The highest BCUT2D eigenvalue weighted by molar-refractivity contribution is 5.85. The van der Waals surface area contributed by atoms with Crippen LogP contribution in [0.4, 0.5) is 0 Å². The summed E-state index contributed by atoms with van der Waals surface area (Å²) in [6.07, 6.45) is -0.00116. The average Bonchev–Trinajstić information content (AvgIpc) is 2.31. The molecule has 0 spiro atoms. The van der Waals surface area contributed by atoms with E-state index in [1.54, 1.807) is 6.92 Å². The van der Waals surface area contributed by atoms with E-state index in [2.05, 4.69) is 10.1 Å². The first kappa shape index (κ1) is 11.7. The molecule has 0 radical (unpaired) electrons. The summed E-state index contributed by atoms with van der Waals surface area (Å²) >= 11 is 0. The Hall–Kier alpha value is -0.320. The van der Waals surface area contributed by atoms with Crippen LogP contribution in [0.5, 0.6) is 0 Å². The van der Waals surface area contributed by atoms with Crippen LogP contribution in [0, 0.1) is 0 Å². The number of aliphatic hydroxyl groups excluding tert-OH is 1. The van der Waals surface area contributed by atoms with Crippen LogP contribution in [0.2, 0.25) is 0 Å². The summed E-state index contributed by atoms with van der Waals surface area (Å²) in [6, 6.07) is 0. The van der Waals surface area contributed by atoms with E-state index in [1.165, 1.54) is 7.11 Å². The summed E-state index contributed by atoms with van der Waals surface area (Å²) in [7, 11) is 1.35. The summed E-state index contributed by atoms with van der Waals surface area (Å²) < 4.78 is 4.57. The van der Waals surface area contributed by atoms with Crippen molar-refractivity contribution in [1.29, 1.82) is 0 Å². The van der Waals surface area contributed by atoms with Gasteiger partial charge in [0.2, 0.25) is 0 Å². The molecule has 1 heterocycles. The van der Waals surface area contributed by atoms with Crippen molar-refractivity contribution >= 4 is 18.4 Å². The molecule has 1 rings (SSSR count). The van der Waals surface area contributed by atoms with E-state index in [4.69, 9.17) is 5.11 Å². The molecule has 5 heteroatoms. The fraction of sp³-hybridized carbons (Fsp3) is 0.857. The van der Waals surface area contributed by atoms with E-state index < -0.39 is 11.6 Å². The first-order valence-electron chi connectivity index (χ1n) is 3.60. The molecule has 0 amide bonds. The maximum absolute atomic E-state index is 11.1. The summed E-state index contributed by atoms with van der Waals surface area (Å²) in [5, 5.41) is 12.0. The molecule has 0 unspecified atom stereocenters. The molecular weight excluding hydrogens is 182 g/mol. The molecule has 1 fully saturated rings. The highest BCUT2D eigenvalue weighted by Crippen LogP contribution is 2.19. The Kier molecular flexibility index (Phi) is 3.96. The Morgan fingerprint density at radius 3 is 2.67 bits per heavy atom. The molecule has 1 saturated heterocycles. The average molecular weight is 196 g/mol. The SMILES string of the molecule is COC(=O)[C@]1(C)C[C@H](O)CN1.Cl. The lowest BCUT2D eigenvalue weighted by atomic mass is 10.00. The van der Waals surface area contributed by atoms with Crippen LogP contribution in [0.15, 0.2) is 0 Å². The van der Waals surface area contributed by atoms with Gasteiger partial charge < -0.3 is 9.84 Å². The lowest BCUT2D eigenvalue weighted by molar-refractivity contribution is -0.147. The molecule has 0 saturated carbocycles. The second kappa shape index (κ2) is 4.07. The van der Waals surface area contributed by atoms with Crippen LogP contribution in [-0.2, 0) is 9.53 Å². The molecule has 2 atom stereocenters. The van der Waals surface area contributed by atoms with Crippen LogP contribution in [-0.4, -0.2) is 36.4 Å². The largest absolute Gasteiger partial charge is 0.468 e. The van der Waals surface area contributed by atoms with Gasteiger partial charge in [-0.15, -0.1) is 12.4 Å². The molecule has 2 N–H and O–H groups in total. The lowest BCUT2D eigenvalue weighted by Crippen LogP contribution is -2.45. The third-order valence-corrected chi connectivity index (χ3v) is 2.01. The predicted molar refractivity (Wildman–Crippen MR) is 46.3 cm³/mol. The Morgan fingerprint density at radius 2 is 2.33 bits per heavy atom. The maximum atomic E-state index is 11.1. The smallest absolute Gasteiger partial charge is 0.325 e. The number of methoxy groups -OCH3 is 1. The second-order valence-electron chi connectivity index (χ2n) is 3.06. The van der Waals surface area contributed by atoms with Gasteiger partial charge in [0, 0.05) is 13.0 Å². The standard InChI is InChI=1S/C7H13NO3.ClH/c1-7(6(10)11-2)3-5(9)4-8-7;/h5,8-9H,3-4H2,1-2H3;1H/t5-,7-;/m0./s1. The Morgan fingerprint density at radius 1 is 1.75 bits per heavy atom. The number of aliphatic hydroxyl groups is 1. The maximum Gasteiger partial charge on any atom is 0.325 e. The van der Waals surface area contributed by atoms with Crippen molar-refractivity contribution in [1.82, 2.24) is 5.32 Å². The molecule has 0 aromatic heterocycles. The molecule has 4 nitrogen and oxygen atoms in total. The van der Waals surface area contributed by atoms with Crippen molar-refractivity contribution in [3.05, 3.63) is 0 Å². The van der Waals surface area contributed by atoms with Crippen molar-refractivity contribution in [3.8, 4) is 0 Å². The van der Waals surface area contributed by atoms with Gasteiger partial charge >= 0.3 is 5.97 Å². The summed E-state index contributed by atoms with van der Waals surface area (Å²) in [4.78, 5) is 11.1. The van der Waals surface area contributed by atoms with E-state index in [9.17, 15) is 4.79 Å². The number of esters is 1. The van der Waals surface area contributed by atoms with Crippen LogP contribution in [0.1, 0.15) is 13.3 Å². The molecule has 0 bridgehead atoms. The number of carbonyl (C=O) groups is 1. The molecular formula is C7H14ClNO3. The first-order valence-corrected chi connectivity index (χ1v) is 3.60. The van der Waals surface area contributed by atoms with Gasteiger partial charge in [-0.1, -0.05) is 0 Å². The normalized spacial score (nSPS) is 34.1. The minimum Gasteiger partial charge on any atom is -0.468 e. The van der Waals surface area contributed by atoms with Gasteiger partial charge in [-0.3, -0.25) is 10.1 Å². The minimum atomic E-state index is -0.686. The molecule has 1 aliphatic heterocycles. The number of ether oxygens (including phenoxy) is 1. The molecule has 1 aliphatic rings. The monoisotopic (exact) mass is 195 g/mol. The Balaban J connectivity index is 0.00000121. The summed E-state index contributed by atoms with van der Waals surface area (Å²) in [5.74, 6) is -0.311. The number of hydrogen-bond donors (Lipinski definition) is 2. The van der Waals surface area contributed by atoms with Gasteiger partial charge in [-0.25, -0.2) is 0 Å². The Labute approximate surface area is 77.7 Å². The third kappa shape index (κ3) is 2.09. The zero-order valence-corrected chi connectivity index (χ0v) is 7.98. The van der Waals surface area contributed by atoms with Gasteiger partial charge in [0.1, 0.15) is 5.54 Å². The van der Waals surface area contributed by atoms with Crippen LogP contribution in [0.3, 0.4) is 0 Å². The van der Waals surface area contributed by atoms with E-state index >= 15 is 0 Å². The van der Waals surface area contributed by atoms with E-state index in [1.807, 2.05) is 0 Å². The predicted octanol–water partition coefficient (Wildman–Crippen LogP) is -0.306. The van der Waals surface area contributed by atoms with Crippen LogP contribution < -0.4 is 5.32 Å². The van der Waals surface area contributed by atoms with Crippen molar-refractivity contribution in [3.63, 3.8) is 0 Å². The molecule has 12 heavy (non-hydrogen) atoms. The van der Waals surface area contributed by atoms with Crippen molar-refractivity contribution in [2.45, 2.75) is 25.0 Å². The number of hydrogen-bond acceptors (Lipinski definition) is 4. The van der Waals surface area contributed by atoms with E-state index in [-0.39, 0.29) is 18.4 Å². The minimum absolute atomic E-state index is 0. The van der Waals surface area contributed by atoms with Gasteiger partial charge in [0.25, 0.3) is 0 Å². The Bertz CT molecular complexity index is 176. The lowest BCUT2D eigenvalue weighted by Gasteiger charge is -2.19. The molecule has 72 valence electrons. The molecule has 0 aromatic rings. The number of carbonyl (C=O) groups excluding carboxylic acids is 1. The summed E-state index contributed by atoms with van der Waals surface area (Å²) in [5.41, 5.74) is -0.686. The number of halogens is 1. The zero-order valence-electron chi connectivity index (χ0n) is 7.16. The van der Waals surface area contributed by atoms with E-state index in [0.717, 1.165) is 0 Å². The van der Waals surface area contributed by atoms with Gasteiger partial charge in [0.15, 0.2) is 0 Å². The van der Waals surface area contributed by atoms with Gasteiger partial charge in [0.05, 0.1) is 13.2 Å². The highest BCUT2D eigenvalue weighted by Gasteiger charge is 2.41. The van der Waals surface area contributed by atoms with Gasteiger partial charge in [-0.05, 0) is 6.92 Å². The first-order chi connectivity index (χ1) is 5.08. The van der Waals surface area contributed by atoms with Crippen molar-refractivity contribution < 1.29 is 14.6 Å². The van der Waals surface area contributed by atoms with Gasteiger partial charge in [-0.2, -0.15) is 0 Å². The molecule has 0 aliphatic carbocycles. The van der Waals surface area contributed by atoms with Crippen LogP contribution in [0.25, 0.3) is 0 Å². The number of nitrogens with one attached hydrogen (secondary N) is 1. The quantitative estimate of drug-likeness (QED) is 0.564. The van der Waals surface area contributed by atoms with Crippen molar-refractivity contribution in [2.24, 2.45) is 0 Å². The number of β-amino-alcohol motifs (C(OH)–C–C–N with tert-alkyl or cyclic N) is 1. The fourth-order valence-corrected chi connectivity index (χ4v) is 1.34. The number of rotatable bonds is 1.